The fraction of sp³-hybridized carbons (Fsp3) is 0.625. The number of unbranched alkanes of at least 4 members (excludes halogenated alkanes) is 2. The van der Waals surface area contributed by atoms with Crippen LogP contribution in [0, 0.1) is 0 Å². The number of carboxylic acid groups (broad SMARTS) is 2. The first-order chi connectivity index (χ1) is 11.4. The lowest BCUT2D eigenvalue weighted by Crippen LogP contribution is -2.41. The number of carbonyl (C=O) groups is 2. The molecule has 0 aliphatic heterocycles. The molecule has 1 aromatic rings. The topological polar surface area (TPSA) is 134 Å². The molecule has 0 aliphatic rings. The van der Waals surface area contributed by atoms with Crippen LogP contribution in [0.1, 0.15) is 38.5 Å². The Morgan fingerprint density at radius 2 is 1.08 bits per heavy atom. The molecule has 1 aromatic heterocycles. The molecule has 0 amide bonds. The van der Waals surface area contributed by atoms with Crippen molar-refractivity contribution in [2.45, 2.75) is 63.7 Å². The van der Waals surface area contributed by atoms with E-state index in [1.54, 1.807) is 0 Å². The van der Waals surface area contributed by atoms with Gasteiger partial charge in [-0.1, -0.05) is 0 Å². The van der Waals surface area contributed by atoms with Gasteiger partial charge in [0.05, 0.1) is 0 Å². The highest BCUT2D eigenvalue weighted by molar-refractivity contribution is 5.73. The predicted molar refractivity (Wildman–Crippen MR) is 85.8 cm³/mol. The van der Waals surface area contributed by atoms with E-state index in [4.69, 9.17) is 21.7 Å². The van der Waals surface area contributed by atoms with Crippen molar-refractivity contribution in [1.82, 2.24) is 0 Å². The number of nitrogens with zero attached hydrogens (tertiary/aromatic N) is 2. The highest BCUT2D eigenvalue weighted by Gasteiger charge is 2.13. The third-order valence-electron chi connectivity index (χ3n) is 3.90. The third-order valence-corrected chi connectivity index (χ3v) is 3.90. The van der Waals surface area contributed by atoms with Gasteiger partial charge in [0.15, 0.2) is 0 Å². The standard InChI is InChI=1S/C16H26N4O4/c17-13(15(21)22)5-1-3-7-19-9-11-20(12-10-19)8-4-2-6-14(18)16(23)24/h9-14H,1-8,17-18H2/p+2. The first-order valence-electron chi connectivity index (χ1n) is 8.25. The van der Waals surface area contributed by atoms with E-state index in [1.807, 2.05) is 33.9 Å². The summed E-state index contributed by atoms with van der Waals surface area (Å²) in [5, 5.41) is 17.4. The number of aromatic nitrogens is 2. The number of aliphatic carboxylic acids is 2. The van der Waals surface area contributed by atoms with Crippen LogP contribution in [0.2, 0.25) is 0 Å². The molecule has 8 heteroatoms. The summed E-state index contributed by atoms with van der Waals surface area (Å²) in [6.45, 7) is 1.64. The van der Waals surface area contributed by atoms with Crippen LogP contribution >= 0.6 is 0 Å². The molecule has 1 rings (SSSR count). The van der Waals surface area contributed by atoms with Gasteiger partial charge in [-0.15, -0.1) is 0 Å². The van der Waals surface area contributed by atoms with Gasteiger partial charge in [-0.25, -0.2) is 0 Å². The van der Waals surface area contributed by atoms with Gasteiger partial charge in [0.2, 0.25) is 24.8 Å². The largest absolute Gasteiger partial charge is 0.480 e. The van der Waals surface area contributed by atoms with E-state index in [2.05, 4.69) is 0 Å². The van der Waals surface area contributed by atoms with Crippen molar-refractivity contribution in [3.05, 3.63) is 24.8 Å². The Hall–Kier alpha value is -2.06. The maximum Gasteiger partial charge on any atom is 0.320 e. The van der Waals surface area contributed by atoms with Crippen molar-refractivity contribution >= 4 is 11.9 Å². The van der Waals surface area contributed by atoms with E-state index in [0.29, 0.717) is 12.8 Å². The Bertz CT molecular complexity index is 474. The monoisotopic (exact) mass is 340 g/mol. The van der Waals surface area contributed by atoms with Crippen molar-refractivity contribution < 1.29 is 28.9 Å². The minimum Gasteiger partial charge on any atom is -0.480 e. The van der Waals surface area contributed by atoms with Crippen LogP contribution in [0.15, 0.2) is 24.8 Å². The van der Waals surface area contributed by atoms with E-state index < -0.39 is 24.0 Å². The second kappa shape index (κ2) is 10.7. The van der Waals surface area contributed by atoms with Gasteiger partial charge < -0.3 is 21.7 Å². The van der Waals surface area contributed by atoms with E-state index in [1.165, 1.54) is 0 Å². The highest BCUT2D eigenvalue weighted by atomic mass is 16.4. The number of nitrogens with two attached hydrogens (primary N) is 2. The van der Waals surface area contributed by atoms with Gasteiger partial charge in [-0.3, -0.25) is 9.59 Å². The second-order valence-electron chi connectivity index (χ2n) is 5.95. The number of carboxylic acids is 2. The Labute approximate surface area is 141 Å². The predicted octanol–water partition coefficient (Wildman–Crippen LogP) is -0.574. The minimum atomic E-state index is -0.951. The zero-order valence-corrected chi connectivity index (χ0v) is 13.9. The number of aryl methyl sites for hydroxylation is 2. The Morgan fingerprint density at radius 3 is 1.38 bits per heavy atom. The molecule has 0 aliphatic carbocycles. The molecular formula is C16H28N4O4+2. The molecule has 2 atom stereocenters. The zero-order valence-electron chi connectivity index (χ0n) is 13.9. The Kier molecular flexibility index (Phi) is 8.88. The summed E-state index contributed by atoms with van der Waals surface area (Å²) in [5.41, 5.74) is 10.9. The molecule has 0 aromatic carbocycles. The van der Waals surface area contributed by atoms with Crippen molar-refractivity contribution in [3.63, 3.8) is 0 Å². The fourth-order valence-electron chi connectivity index (χ4n) is 2.30. The number of rotatable bonds is 12. The summed E-state index contributed by atoms with van der Waals surface area (Å²) in [6, 6.07) is -1.55. The molecule has 6 N–H and O–H groups in total. The van der Waals surface area contributed by atoms with Crippen LogP contribution in [0.4, 0.5) is 0 Å². The number of hydrogen-bond acceptors (Lipinski definition) is 4. The Morgan fingerprint density at radius 1 is 0.750 bits per heavy atom. The molecule has 0 spiro atoms. The average Bonchev–Trinajstić information content (AvgIpc) is 2.56. The van der Waals surface area contributed by atoms with Crippen molar-refractivity contribution in [3.8, 4) is 0 Å². The third kappa shape index (κ3) is 7.98. The average molecular weight is 340 g/mol. The maximum absolute atomic E-state index is 10.6. The Balaban J connectivity index is 2.21. The van der Waals surface area contributed by atoms with Gasteiger partial charge in [0, 0.05) is 12.8 Å². The quantitative estimate of drug-likeness (QED) is 0.297. The summed E-state index contributed by atoms with van der Waals surface area (Å²) in [5.74, 6) is -1.90. The van der Waals surface area contributed by atoms with Crippen LogP contribution in [-0.4, -0.2) is 34.2 Å². The van der Waals surface area contributed by atoms with Crippen molar-refractivity contribution in [2.24, 2.45) is 11.5 Å². The lowest BCUT2D eigenvalue weighted by Gasteiger charge is -2.04. The SMILES string of the molecule is NC(CCCC[n+]1cc[n+](CCCCC(N)C(=O)O)cc1)C(=O)O. The summed E-state index contributed by atoms with van der Waals surface area (Å²) in [7, 11) is 0. The van der Waals surface area contributed by atoms with Gasteiger partial charge in [-0.2, -0.15) is 9.13 Å². The van der Waals surface area contributed by atoms with Gasteiger partial charge >= 0.3 is 11.9 Å². The van der Waals surface area contributed by atoms with Crippen LogP contribution < -0.4 is 20.6 Å². The van der Waals surface area contributed by atoms with Crippen LogP contribution in [0.3, 0.4) is 0 Å². The highest BCUT2D eigenvalue weighted by Crippen LogP contribution is 2.00. The van der Waals surface area contributed by atoms with Crippen LogP contribution in [0.25, 0.3) is 0 Å². The van der Waals surface area contributed by atoms with Gasteiger partial charge in [0.25, 0.3) is 0 Å². The van der Waals surface area contributed by atoms with Crippen molar-refractivity contribution in [2.75, 3.05) is 0 Å². The van der Waals surface area contributed by atoms with E-state index >= 15 is 0 Å². The molecule has 24 heavy (non-hydrogen) atoms. The first-order valence-corrected chi connectivity index (χ1v) is 8.25. The van der Waals surface area contributed by atoms with E-state index in [-0.39, 0.29) is 0 Å². The summed E-state index contributed by atoms with van der Waals surface area (Å²) in [6.07, 6.45) is 12.2. The zero-order chi connectivity index (χ0) is 17.9. The lowest BCUT2D eigenvalue weighted by atomic mass is 10.1. The summed E-state index contributed by atoms with van der Waals surface area (Å²) in [4.78, 5) is 21.2. The maximum atomic E-state index is 10.6. The van der Waals surface area contributed by atoms with Crippen LogP contribution in [0.5, 0.6) is 0 Å². The molecule has 0 bridgehead atoms. The minimum absolute atomic E-state index is 0.487. The first kappa shape index (κ1) is 20.0. The van der Waals surface area contributed by atoms with Crippen LogP contribution in [-0.2, 0) is 22.7 Å². The summed E-state index contributed by atoms with van der Waals surface area (Å²) < 4.78 is 4.09. The smallest absolute Gasteiger partial charge is 0.320 e. The molecule has 0 saturated carbocycles. The molecule has 0 fully saturated rings. The van der Waals surface area contributed by atoms with E-state index in [0.717, 1.165) is 38.8 Å². The van der Waals surface area contributed by atoms with Gasteiger partial charge in [0.1, 0.15) is 25.2 Å². The molecule has 8 nitrogen and oxygen atoms in total. The normalized spacial score (nSPS) is 13.4. The molecule has 134 valence electrons. The summed E-state index contributed by atoms with van der Waals surface area (Å²) >= 11 is 0. The van der Waals surface area contributed by atoms with Gasteiger partial charge in [-0.05, 0) is 25.7 Å². The molecular weight excluding hydrogens is 312 g/mol. The van der Waals surface area contributed by atoms with E-state index in [9.17, 15) is 9.59 Å². The van der Waals surface area contributed by atoms with Crippen molar-refractivity contribution in [1.29, 1.82) is 0 Å². The number of hydrogen-bond donors (Lipinski definition) is 4. The molecule has 1 heterocycles. The molecule has 0 radical (unpaired) electrons. The molecule has 2 unspecified atom stereocenters. The second-order valence-corrected chi connectivity index (χ2v) is 5.95. The fourth-order valence-corrected chi connectivity index (χ4v) is 2.30. The lowest BCUT2D eigenvalue weighted by molar-refractivity contribution is -0.751. The molecule has 0 saturated heterocycles.